The zero-order valence-corrected chi connectivity index (χ0v) is 9.76. The van der Waals surface area contributed by atoms with E-state index in [4.69, 9.17) is 16.9 Å². The Labute approximate surface area is 98.7 Å². The van der Waals surface area contributed by atoms with Gasteiger partial charge in [-0.3, -0.25) is 4.98 Å². The lowest BCUT2D eigenvalue weighted by molar-refractivity contribution is 1.34. The van der Waals surface area contributed by atoms with E-state index in [-0.39, 0.29) is 0 Å². The number of benzene rings is 1. The maximum absolute atomic E-state index is 9.01. The van der Waals surface area contributed by atoms with Gasteiger partial charge in [0.15, 0.2) is 0 Å². The molecule has 2 rings (SSSR count). The molecule has 2 aromatic rings. The number of aromatic nitrogens is 1. The van der Waals surface area contributed by atoms with Crippen LogP contribution in [0.4, 0.5) is 5.69 Å². The number of aryl methyl sites for hydroxylation is 1. The number of rotatable bonds is 1. The summed E-state index contributed by atoms with van der Waals surface area (Å²) in [6.07, 6.45) is 1.54. The summed E-state index contributed by atoms with van der Waals surface area (Å²) in [7, 11) is 1.79. The first-order chi connectivity index (χ1) is 7.69. The minimum Gasteiger partial charge on any atom is -0.386 e. The van der Waals surface area contributed by atoms with Gasteiger partial charge in [-0.15, -0.1) is 0 Å². The van der Waals surface area contributed by atoms with Crippen molar-refractivity contribution in [3.63, 3.8) is 0 Å². The van der Waals surface area contributed by atoms with Crippen molar-refractivity contribution < 1.29 is 0 Å². The monoisotopic (exact) mass is 231 g/mol. The Morgan fingerprint density at radius 2 is 2.19 bits per heavy atom. The highest BCUT2D eigenvalue weighted by molar-refractivity contribution is 6.35. The number of pyridine rings is 1. The van der Waals surface area contributed by atoms with Crippen molar-refractivity contribution in [3.8, 4) is 6.07 Å². The number of anilines is 1. The molecular weight excluding hydrogens is 222 g/mol. The van der Waals surface area contributed by atoms with Crippen molar-refractivity contribution in [3.05, 3.63) is 34.5 Å². The molecule has 80 valence electrons. The second kappa shape index (κ2) is 3.99. The smallest absolute Gasteiger partial charge is 0.103 e. The molecule has 0 aliphatic carbocycles. The number of fused-ring (bicyclic) bond motifs is 1. The molecule has 3 nitrogen and oxygen atoms in total. The first-order valence-corrected chi connectivity index (χ1v) is 5.22. The summed E-state index contributed by atoms with van der Waals surface area (Å²) >= 11 is 6.08. The summed E-state index contributed by atoms with van der Waals surface area (Å²) in [6, 6.07) is 5.86. The van der Waals surface area contributed by atoms with Gasteiger partial charge in [0, 0.05) is 18.6 Å². The lowest BCUT2D eigenvalue weighted by Gasteiger charge is -2.10. The van der Waals surface area contributed by atoms with Gasteiger partial charge in [-0.25, -0.2) is 0 Å². The zero-order chi connectivity index (χ0) is 11.7. The van der Waals surface area contributed by atoms with Crippen LogP contribution >= 0.6 is 11.6 Å². The molecule has 0 amide bonds. The second-order valence-corrected chi connectivity index (χ2v) is 3.90. The Hall–Kier alpha value is -1.79. The van der Waals surface area contributed by atoms with Crippen LogP contribution < -0.4 is 5.32 Å². The number of hydrogen-bond donors (Lipinski definition) is 1. The molecule has 0 aliphatic heterocycles. The number of nitriles is 1. The van der Waals surface area contributed by atoms with Crippen LogP contribution in [0.5, 0.6) is 0 Å². The molecule has 1 N–H and O–H groups in total. The van der Waals surface area contributed by atoms with Crippen LogP contribution in [-0.2, 0) is 0 Å². The SMILES string of the molecule is CNc1c(C#N)cnc2c(Cl)ccc(C)c12. The van der Waals surface area contributed by atoms with Crippen LogP contribution in [0, 0.1) is 18.3 Å². The minimum absolute atomic E-state index is 0.528. The van der Waals surface area contributed by atoms with E-state index >= 15 is 0 Å². The molecule has 0 atom stereocenters. The molecule has 16 heavy (non-hydrogen) atoms. The summed E-state index contributed by atoms with van der Waals surface area (Å²) < 4.78 is 0. The molecule has 1 heterocycles. The molecule has 0 saturated heterocycles. The molecule has 0 saturated carbocycles. The standard InChI is InChI=1S/C12H10ClN3/c1-7-3-4-9(13)12-10(7)11(15-2)8(5-14)6-16-12/h3-4,6H,1-2H3,(H,15,16). The molecule has 4 heteroatoms. The Kier molecular flexibility index (Phi) is 2.67. The van der Waals surface area contributed by atoms with Gasteiger partial charge in [0.1, 0.15) is 6.07 Å². The maximum Gasteiger partial charge on any atom is 0.103 e. The number of halogens is 1. The summed E-state index contributed by atoms with van der Waals surface area (Å²) in [5, 5.41) is 13.6. The average Bonchev–Trinajstić information content (AvgIpc) is 2.32. The predicted molar refractivity (Wildman–Crippen MR) is 65.8 cm³/mol. The quantitative estimate of drug-likeness (QED) is 0.821. The minimum atomic E-state index is 0.528. The third-order valence-corrected chi connectivity index (χ3v) is 2.85. The van der Waals surface area contributed by atoms with Gasteiger partial charge in [-0.2, -0.15) is 5.26 Å². The zero-order valence-electron chi connectivity index (χ0n) is 9.00. The molecule has 1 aromatic carbocycles. The van der Waals surface area contributed by atoms with Crippen LogP contribution in [0.2, 0.25) is 5.02 Å². The van der Waals surface area contributed by atoms with E-state index in [2.05, 4.69) is 16.4 Å². The highest BCUT2D eigenvalue weighted by Crippen LogP contribution is 2.32. The van der Waals surface area contributed by atoms with Gasteiger partial charge >= 0.3 is 0 Å². The Bertz CT molecular complexity index is 599. The van der Waals surface area contributed by atoms with Gasteiger partial charge < -0.3 is 5.32 Å². The molecule has 0 aliphatic rings. The first-order valence-electron chi connectivity index (χ1n) is 4.84. The van der Waals surface area contributed by atoms with E-state index in [1.54, 1.807) is 13.2 Å². The van der Waals surface area contributed by atoms with E-state index in [1.807, 2.05) is 19.1 Å². The van der Waals surface area contributed by atoms with Crippen LogP contribution in [0.15, 0.2) is 18.3 Å². The fourth-order valence-electron chi connectivity index (χ4n) is 1.78. The van der Waals surface area contributed by atoms with Crippen molar-refractivity contribution in [1.82, 2.24) is 4.98 Å². The van der Waals surface area contributed by atoms with Gasteiger partial charge in [-0.05, 0) is 18.6 Å². The predicted octanol–water partition coefficient (Wildman–Crippen LogP) is 3.11. The number of hydrogen-bond acceptors (Lipinski definition) is 3. The molecule has 0 unspecified atom stereocenters. The molecule has 0 fully saturated rings. The molecule has 1 aromatic heterocycles. The Balaban J connectivity index is 2.98. The number of nitrogens with one attached hydrogen (secondary N) is 1. The van der Waals surface area contributed by atoms with Crippen LogP contribution in [0.3, 0.4) is 0 Å². The van der Waals surface area contributed by atoms with Gasteiger partial charge in [-0.1, -0.05) is 17.7 Å². The largest absolute Gasteiger partial charge is 0.386 e. The lowest BCUT2D eigenvalue weighted by atomic mass is 10.1. The van der Waals surface area contributed by atoms with Crippen LogP contribution in [-0.4, -0.2) is 12.0 Å². The Morgan fingerprint density at radius 1 is 1.44 bits per heavy atom. The van der Waals surface area contributed by atoms with E-state index in [9.17, 15) is 0 Å². The van der Waals surface area contributed by atoms with Crippen molar-refractivity contribution in [2.75, 3.05) is 12.4 Å². The van der Waals surface area contributed by atoms with E-state index in [0.29, 0.717) is 10.6 Å². The first kappa shape index (κ1) is 10.7. The fraction of sp³-hybridized carbons (Fsp3) is 0.167. The Morgan fingerprint density at radius 3 is 2.81 bits per heavy atom. The second-order valence-electron chi connectivity index (χ2n) is 3.50. The molecule has 0 spiro atoms. The summed E-state index contributed by atoms with van der Waals surface area (Å²) in [5.41, 5.74) is 3.09. The van der Waals surface area contributed by atoms with Crippen LogP contribution in [0.25, 0.3) is 10.9 Å². The van der Waals surface area contributed by atoms with Crippen LogP contribution in [0.1, 0.15) is 11.1 Å². The lowest BCUT2D eigenvalue weighted by Crippen LogP contribution is -1.97. The summed E-state index contributed by atoms with van der Waals surface area (Å²) in [6.45, 7) is 1.97. The third kappa shape index (κ3) is 1.48. The highest BCUT2D eigenvalue weighted by Gasteiger charge is 2.11. The normalized spacial score (nSPS) is 10.1. The van der Waals surface area contributed by atoms with Gasteiger partial charge in [0.2, 0.25) is 0 Å². The number of nitrogens with zero attached hydrogens (tertiary/aromatic N) is 2. The highest BCUT2D eigenvalue weighted by atomic mass is 35.5. The maximum atomic E-state index is 9.01. The van der Waals surface area contributed by atoms with Crippen molar-refractivity contribution in [2.45, 2.75) is 6.92 Å². The van der Waals surface area contributed by atoms with Gasteiger partial charge in [0.05, 0.1) is 21.8 Å². The van der Waals surface area contributed by atoms with Crippen molar-refractivity contribution >= 4 is 28.2 Å². The summed E-state index contributed by atoms with van der Waals surface area (Å²) in [4.78, 5) is 4.23. The molecule has 0 radical (unpaired) electrons. The average molecular weight is 232 g/mol. The van der Waals surface area contributed by atoms with Crippen molar-refractivity contribution in [2.24, 2.45) is 0 Å². The topological polar surface area (TPSA) is 48.7 Å². The van der Waals surface area contributed by atoms with Crippen molar-refractivity contribution in [1.29, 1.82) is 5.26 Å². The van der Waals surface area contributed by atoms with E-state index < -0.39 is 0 Å². The van der Waals surface area contributed by atoms with E-state index in [1.165, 1.54) is 0 Å². The van der Waals surface area contributed by atoms with Gasteiger partial charge in [0.25, 0.3) is 0 Å². The molecule has 0 bridgehead atoms. The third-order valence-electron chi connectivity index (χ3n) is 2.55. The fourth-order valence-corrected chi connectivity index (χ4v) is 1.99. The molecular formula is C12H10ClN3. The van der Waals surface area contributed by atoms with E-state index in [0.717, 1.165) is 22.2 Å². The summed E-state index contributed by atoms with van der Waals surface area (Å²) in [5.74, 6) is 0.